The molecule has 2 heterocycles. The Morgan fingerprint density at radius 1 is 1.47 bits per heavy atom. The minimum atomic E-state index is 0.771. The van der Waals surface area contributed by atoms with Crippen LogP contribution in [0.2, 0.25) is 0 Å². The van der Waals surface area contributed by atoms with E-state index in [-0.39, 0.29) is 0 Å². The van der Waals surface area contributed by atoms with Crippen LogP contribution in [0.15, 0.2) is 10.6 Å². The van der Waals surface area contributed by atoms with Gasteiger partial charge >= 0.3 is 0 Å². The predicted octanol–water partition coefficient (Wildman–Crippen LogP) is 0.368. The molecular formula is C12H22N4O. The maximum atomic E-state index is 5.14. The number of nitrogens with one attached hydrogen (secondary N) is 2. The minimum absolute atomic E-state index is 0.771. The summed E-state index contributed by atoms with van der Waals surface area (Å²) in [5, 5.41) is 10.7. The zero-order valence-electron chi connectivity index (χ0n) is 10.5. The molecule has 2 N–H and O–H groups in total. The van der Waals surface area contributed by atoms with Crippen molar-refractivity contribution in [2.45, 2.75) is 19.9 Å². The van der Waals surface area contributed by atoms with Crippen LogP contribution in [0, 0.1) is 6.92 Å². The van der Waals surface area contributed by atoms with Crippen LogP contribution in [-0.2, 0) is 6.54 Å². The molecule has 1 aromatic heterocycles. The lowest BCUT2D eigenvalue weighted by Gasteiger charge is -2.19. The molecule has 2 rings (SSSR count). The first-order chi connectivity index (χ1) is 8.34. The van der Waals surface area contributed by atoms with E-state index in [1.54, 1.807) is 0 Å². The molecule has 0 spiro atoms. The van der Waals surface area contributed by atoms with E-state index in [4.69, 9.17) is 4.52 Å². The van der Waals surface area contributed by atoms with Gasteiger partial charge in [-0.05, 0) is 26.4 Å². The van der Waals surface area contributed by atoms with Crippen LogP contribution in [-0.4, -0.2) is 49.3 Å². The van der Waals surface area contributed by atoms with Crippen molar-refractivity contribution in [2.24, 2.45) is 0 Å². The molecule has 1 saturated heterocycles. The fourth-order valence-corrected chi connectivity index (χ4v) is 2.07. The molecule has 0 unspecified atom stereocenters. The largest absolute Gasteiger partial charge is 0.360 e. The van der Waals surface area contributed by atoms with Crippen LogP contribution in [0.4, 0.5) is 0 Å². The lowest BCUT2D eigenvalue weighted by atomic mass is 10.3. The number of rotatable bonds is 5. The molecule has 0 aromatic carbocycles. The molecule has 5 nitrogen and oxygen atoms in total. The highest BCUT2D eigenvalue weighted by Crippen LogP contribution is 2.01. The molecule has 0 radical (unpaired) electrons. The second-order valence-electron chi connectivity index (χ2n) is 4.56. The third-order valence-corrected chi connectivity index (χ3v) is 3.01. The van der Waals surface area contributed by atoms with Crippen LogP contribution >= 0.6 is 0 Å². The van der Waals surface area contributed by atoms with Crippen molar-refractivity contribution in [1.82, 2.24) is 20.7 Å². The molecule has 0 saturated carbocycles. The van der Waals surface area contributed by atoms with Gasteiger partial charge in [0.05, 0.1) is 12.2 Å². The average molecular weight is 238 g/mol. The summed E-state index contributed by atoms with van der Waals surface area (Å²) >= 11 is 0. The van der Waals surface area contributed by atoms with E-state index in [2.05, 4.69) is 20.7 Å². The topological polar surface area (TPSA) is 53.3 Å². The summed E-state index contributed by atoms with van der Waals surface area (Å²) in [6, 6.07) is 1.98. The van der Waals surface area contributed by atoms with Crippen LogP contribution in [0.1, 0.15) is 17.9 Å². The van der Waals surface area contributed by atoms with Gasteiger partial charge in [-0.15, -0.1) is 0 Å². The van der Waals surface area contributed by atoms with Crippen molar-refractivity contribution in [3.63, 3.8) is 0 Å². The third-order valence-electron chi connectivity index (χ3n) is 3.01. The highest BCUT2D eigenvalue weighted by molar-refractivity contribution is 5.02. The summed E-state index contributed by atoms with van der Waals surface area (Å²) in [6.07, 6.45) is 1.25. The molecule has 1 aliphatic rings. The van der Waals surface area contributed by atoms with Crippen LogP contribution in [0.5, 0.6) is 0 Å². The Balaban J connectivity index is 1.59. The summed E-state index contributed by atoms with van der Waals surface area (Å²) in [4.78, 5) is 2.50. The van der Waals surface area contributed by atoms with E-state index in [1.807, 2.05) is 13.0 Å². The molecule has 0 aliphatic carbocycles. The molecule has 0 amide bonds. The summed E-state index contributed by atoms with van der Waals surface area (Å²) in [7, 11) is 0. The van der Waals surface area contributed by atoms with Gasteiger partial charge in [-0.2, -0.15) is 0 Å². The number of hydrogen-bond acceptors (Lipinski definition) is 5. The summed E-state index contributed by atoms with van der Waals surface area (Å²) in [6.45, 7) is 9.44. The van der Waals surface area contributed by atoms with Gasteiger partial charge in [-0.1, -0.05) is 5.16 Å². The second kappa shape index (κ2) is 6.74. The van der Waals surface area contributed by atoms with E-state index in [0.29, 0.717) is 0 Å². The number of aryl methyl sites for hydroxylation is 1. The maximum absolute atomic E-state index is 5.14. The standard InChI is InChI=1S/C12H22N4O/c1-11-9-12(17-15-11)10-14-5-8-16-6-2-3-13-4-7-16/h9,13-14H,2-8,10H2,1H3. The summed E-state index contributed by atoms with van der Waals surface area (Å²) in [5.41, 5.74) is 0.945. The zero-order chi connectivity index (χ0) is 11.9. The molecule has 1 aliphatic heterocycles. The van der Waals surface area contributed by atoms with Crippen molar-refractivity contribution in [1.29, 1.82) is 0 Å². The molecule has 1 fully saturated rings. The van der Waals surface area contributed by atoms with E-state index < -0.39 is 0 Å². The lowest BCUT2D eigenvalue weighted by molar-refractivity contribution is 0.287. The Labute approximate surface area is 103 Å². The smallest absolute Gasteiger partial charge is 0.150 e. The molecule has 96 valence electrons. The summed E-state index contributed by atoms with van der Waals surface area (Å²) < 4.78 is 5.14. The number of aromatic nitrogens is 1. The van der Waals surface area contributed by atoms with Crippen LogP contribution in [0.3, 0.4) is 0 Å². The predicted molar refractivity (Wildman–Crippen MR) is 66.9 cm³/mol. The number of hydrogen-bond donors (Lipinski definition) is 2. The maximum Gasteiger partial charge on any atom is 0.150 e. The van der Waals surface area contributed by atoms with E-state index in [1.165, 1.54) is 13.0 Å². The van der Waals surface area contributed by atoms with Gasteiger partial charge in [0.15, 0.2) is 5.76 Å². The minimum Gasteiger partial charge on any atom is -0.360 e. The van der Waals surface area contributed by atoms with Gasteiger partial charge in [0.1, 0.15) is 0 Å². The zero-order valence-corrected chi connectivity index (χ0v) is 10.5. The molecular weight excluding hydrogens is 216 g/mol. The fourth-order valence-electron chi connectivity index (χ4n) is 2.07. The van der Waals surface area contributed by atoms with Gasteiger partial charge in [0.2, 0.25) is 0 Å². The first-order valence-electron chi connectivity index (χ1n) is 6.40. The van der Waals surface area contributed by atoms with Gasteiger partial charge in [-0.3, -0.25) is 0 Å². The van der Waals surface area contributed by atoms with E-state index >= 15 is 0 Å². The molecule has 17 heavy (non-hydrogen) atoms. The molecule has 0 bridgehead atoms. The van der Waals surface area contributed by atoms with Crippen LogP contribution in [0.25, 0.3) is 0 Å². The van der Waals surface area contributed by atoms with Crippen molar-refractivity contribution in [2.75, 3.05) is 39.3 Å². The summed E-state index contributed by atoms with van der Waals surface area (Å²) in [5.74, 6) is 0.917. The lowest BCUT2D eigenvalue weighted by Crippen LogP contribution is -2.34. The van der Waals surface area contributed by atoms with Gasteiger partial charge in [0, 0.05) is 32.2 Å². The SMILES string of the molecule is Cc1cc(CNCCN2CCCNCC2)on1. The third kappa shape index (κ3) is 4.46. The van der Waals surface area contributed by atoms with Gasteiger partial charge < -0.3 is 20.1 Å². The average Bonchev–Trinajstić information content (AvgIpc) is 2.59. The normalized spacial score (nSPS) is 18.2. The highest BCUT2D eigenvalue weighted by Gasteiger charge is 2.07. The Morgan fingerprint density at radius 3 is 3.24 bits per heavy atom. The van der Waals surface area contributed by atoms with Gasteiger partial charge in [0.25, 0.3) is 0 Å². The quantitative estimate of drug-likeness (QED) is 0.726. The highest BCUT2D eigenvalue weighted by atomic mass is 16.5. The van der Waals surface area contributed by atoms with Crippen molar-refractivity contribution >= 4 is 0 Å². The molecule has 0 atom stereocenters. The number of nitrogens with zero attached hydrogens (tertiary/aromatic N) is 2. The Hall–Kier alpha value is -0.910. The van der Waals surface area contributed by atoms with Crippen LogP contribution < -0.4 is 10.6 Å². The molecule has 5 heteroatoms. The molecule has 1 aromatic rings. The van der Waals surface area contributed by atoms with Crippen molar-refractivity contribution in [3.05, 3.63) is 17.5 Å². The second-order valence-corrected chi connectivity index (χ2v) is 4.56. The Bertz CT molecular complexity index is 318. The fraction of sp³-hybridized carbons (Fsp3) is 0.750. The Morgan fingerprint density at radius 2 is 2.41 bits per heavy atom. The Kier molecular flexibility index (Phi) is 4.97. The first-order valence-corrected chi connectivity index (χ1v) is 6.40. The van der Waals surface area contributed by atoms with E-state index in [0.717, 1.165) is 50.7 Å². The monoisotopic (exact) mass is 238 g/mol. The van der Waals surface area contributed by atoms with Gasteiger partial charge in [-0.25, -0.2) is 0 Å². The van der Waals surface area contributed by atoms with Crippen molar-refractivity contribution in [3.8, 4) is 0 Å². The van der Waals surface area contributed by atoms with Crippen molar-refractivity contribution < 1.29 is 4.52 Å². The van der Waals surface area contributed by atoms with E-state index in [9.17, 15) is 0 Å². The first kappa shape index (κ1) is 12.5.